The highest BCUT2D eigenvalue weighted by Crippen LogP contribution is 2.40. The van der Waals surface area contributed by atoms with E-state index in [-0.39, 0.29) is 11.9 Å². The summed E-state index contributed by atoms with van der Waals surface area (Å²) in [6.45, 7) is 4.54. The van der Waals surface area contributed by atoms with Crippen molar-refractivity contribution in [2.45, 2.75) is 45.2 Å². The van der Waals surface area contributed by atoms with E-state index in [4.69, 9.17) is 10.1 Å². The third-order valence-electron chi connectivity index (χ3n) is 5.47. The van der Waals surface area contributed by atoms with Crippen molar-refractivity contribution in [2.24, 2.45) is 0 Å². The molecule has 30 heavy (non-hydrogen) atoms. The number of fused-ring (bicyclic) bond motifs is 1. The first-order chi connectivity index (χ1) is 14.6. The van der Waals surface area contributed by atoms with Gasteiger partial charge in [-0.2, -0.15) is 10.2 Å². The molecule has 5 rings (SSSR count). The van der Waals surface area contributed by atoms with E-state index in [1.54, 1.807) is 6.20 Å². The van der Waals surface area contributed by atoms with Crippen molar-refractivity contribution in [1.82, 2.24) is 29.9 Å². The average molecular weight is 400 g/mol. The molecule has 3 aromatic heterocycles. The third-order valence-corrected chi connectivity index (χ3v) is 5.47. The number of nitrogens with one attached hydrogen (secondary N) is 1. The summed E-state index contributed by atoms with van der Waals surface area (Å²) >= 11 is 0. The van der Waals surface area contributed by atoms with Crippen molar-refractivity contribution in [3.05, 3.63) is 71.8 Å². The predicted octanol–water partition coefficient (Wildman–Crippen LogP) is 3.62. The Labute approximate surface area is 174 Å². The second kappa shape index (κ2) is 7.40. The number of hydrogen-bond acceptors (Lipinski definition) is 4. The molecule has 7 nitrogen and oxygen atoms in total. The average Bonchev–Trinajstić information content (AvgIpc) is 3.38. The van der Waals surface area contributed by atoms with Gasteiger partial charge in [0.15, 0.2) is 5.65 Å². The minimum Gasteiger partial charge on any atom is -0.348 e. The Morgan fingerprint density at radius 3 is 2.73 bits per heavy atom. The van der Waals surface area contributed by atoms with E-state index in [1.807, 2.05) is 71.9 Å². The fourth-order valence-electron chi connectivity index (χ4n) is 3.86. The molecule has 1 atom stereocenters. The van der Waals surface area contributed by atoms with Gasteiger partial charge in [0.2, 0.25) is 0 Å². The predicted molar refractivity (Wildman–Crippen MR) is 115 cm³/mol. The van der Waals surface area contributed by atoms with Crippen molar-refractivity contribution in [3.8, 4) is 5.69 Å². The van der Waals surface area contributed by atoms with Gasteiger partial charge in [-0.25, -0.2) is 9.67 Å². The van der Waals surface area contributed by atoms with Gasteiger partial charge in [-0.05, 0) is 51.0 Å². The second-order valence-electron chi connectivity index (χ2n) is 8.00. The quantitative estimate of drug-likeness (QED) is 0.536. The maximum absolute atomic E-state index is 13.3. The normalized spacial score (nSPS) is 14.7. The Hall–Kier alpha value is -3.48. The Morgan fingerprint density at radius 2 is 2.03 bits per heavy atom. The Kier molecular flexibility index (Phi) is 4.58. The summed E-state index contributed by atoms with van der Waals surface area (Å²) in [6, 6.07) is 13.7. The molecule has 0 radical (unpaired) electrons. The van der Waals surface area contributed by atoms with Gasteiger partial charge in [0.25, 0.3) is 5.91 Å². The summed E-state index contributed by atoms with van der Waals surface area (Å²) in [6.07, 6.45) is 5.87. The van der Waals surface area contributed by atoms with E-state index in [0.717, 1.165) is 41.0 Å². The van der Waals surface area contributed by atoms with Crippen LogP contribution in [0.25, 0.3) is 16.7 Å². The molecule has 4 aromatic rings. The van der Waals surface area contributed by atoms with Gasteiger partial charge < -0.3 is 5.32 Å². The number of para-hydroxylation sites is 1. The first-order valence-corrected chi connectivity index (χ1v) is 10.3. The van der Waals surface area contributed by atoms with Crippen LogP contribution in [-0.2, 0) is 6.54 Å². The minimum absolute atomic E-state index is 0.0607. The van der Waals surface area contributed by atoms with Crippen molar-refractivity contribution in [2.75, 3.05) is 0 Å². The topological polar surface area (TPSA) is 77.6 Å². The number of carbonyl (C=O) groups excluding carboxylic acids is 1. The van der Waals surface area contributed by atoms with Gasteiger partial charge in [0.1, 0.15) is 0 Å². The monoisotopic (exact) mass is 400 g/mol. The second-order valence-corrected chi connectivity index (χ2v) is 8.00. The number of carbonyl (C=O) groups is 1. The zero-order valence-corrected chi connectivity index (χ0v) is 17.1. The highest BCUT2D eigenvalue weighted by atomic mass is 16.1. The van der Waals surface area contributed by atoms with Gasteiger partial charge in [-0.15, -0.1) is 0 Å². The van der Waals surface area contributed by atoms with Crippen LogP contribution in [0.5, 0.6) is 0 Å². The number of aryl methyl sites for hydroxylation is 1. The molecule has 0 unspecified atom stereocenters. The summed E-state index contributed by atoms with van der Waals surface area (Å²) in [7, 11) is 0. The van der Waals surface area contributed by atoms with Crippen LogP contribution >= 0.6 is 0 Å². The molecular weight excluding hydrogens is 376 g/mol. The van der Waals surface area contributed by atoms with Crippen molar-refractivity contribution in [1.29, 1.82) is 0 Å². The molecule has 1 aromatic carbocycles. The van der Waals surface area contributed by atoms with Gasteiger partial charge in [0.05, 0.1) is 28.9 Å². The standard InChI is InChI=1S/C23H24N6O/c1-15(14-28-12-6-11-24-28)25-23(30)19-13-20(17-9-10-17)26-22-21(19)16(2)27-29(22)18-7-4-3-5-8-18/h3-8,11-13,15,17H,9-10,14H2,1-2H3,(H,25,30)/t15-/m0/s1. The Morgan fingerprint density at radius 1 is 1.23 bits per heavy atom. The first kappa shape index (κ1) is 18.5. The number of benzene rings is 1. The van der Waals surface area contributed by atoms with Crippen LogP contribution in [0.3, 0.4) is 0 Å². The molecule has 0 bridgehead atoms. The number of rotatable bonds is 6. The number of hydrogen-bond donors (Lipinski definition) is 1. The molecule has 1 saturated carbocycles. The molecule has 3 heterocycles. The fourth-order valence-corrected chi connectivity index (χ4v) is 3.86. The lowest BCUT2D eigenvalue weighted by molar-refractivity contribution is 0.0937. The zero-order valence-electron chi connectivity index (χ0n) is 17.1. The largest absolute Gasteiger partial charge is 0.348 e. The van der Waals surface area contributed by atoms with E-state index in [0.29, 0.717) is 18.0 Å². The van der Waals surface area contributed by atoms with Crippen LogP contribution in [0.4, 0.5) is 0 Å². The van der Waals surface area contributed by atoms with Crippen molar-refractivity contribution >= 4 is 16.9 Å². The maximum Gasteiger partial charge on any atom is 0.252 e. The highest BCUT2D eigenvalue weighted by molar-refractivity contribution is 6.07. The van der Waals surface area contributed by atoms with Crippen LogP contribution in [0.2, 0.25) is 0 Å². The van der Waals surface area contributed by atoms with Crippen molar-refractivity contribution < 1.29 is 4.79 Å². The summed E-state index contributed by atoms with van der Waals surface area (Å²) in [4.78, 5) is 18.2. The van der Waals surface area contributed by atoms with Crippen molar-refractivity contribution in [3.63, 3.8) is 0 Å². The molecule has 1 amide bonds. The third kappa shape index (κ3) is 3.47. The van der Waals surface area contributed by atoms with Crippen LogP contribution in [0.1, 0.15) is 47.4 Å². The number of amides is 1. The summed E-state index contributed by atoms with van der Waals surface area (Å²) in [5.41, 5.74) is 4.11. The zero-order chi connectivity index (χ0) is 20.7. The molecule has 0 aliphatic heterocycles. The van der Waals surface area contributed by atoms with Crippen LogP contribution in [0, 0.1) is 6.92 Å². The van der Waals surface area contributed by atoms with Gasteiger partial charge in [-0.3, -0.25) is 9.48 Å². The molecular formula is C23H24N6O. The number of nitrogens with zero attached hydrogens (tertiary/aromatic N) is 5. The molecule has 0 spiro atoms. The van der Waals surface area contributed by atoms with Crippen LogP contribution in [-0.4, -0.2) is 36.5 Å². The molecule has 7 heteroatoms. The summed E-state index contributed by atoms with van der Waals surface area (Å²) < 4.78 is 3.67. The van der Waals surface area contributed by atoms with E-state index in [9.17, 15) is 4.79 Å². The molecule has 152 valence electrons. The van der Waals surface area contributed by atoms with Crippen LogP contribution < -0.4 is 5.32 Å². The number of pyridine rings is 1. The van der Waals surface area contributed by atoms with E-state index >= 15 is 0 Å². The molecule has 1 fully saturated rings. The van der Waals surface area contributed by atoms with Crippen LogP contribution in [0.15, 0.2) is 54.9 Å². The minimum atomic E-state index is -0.0975. The summed E-state index contributed by atoms with van der Waals surface area (Å²) in [5, 5.41) is 12.9. The lowest BCUT2D eigenvalue weighted by atomic mass is 10.1. The SMILES string of the molecule is Cc1nn(-c2ccccc2)c2nc(C3CC3)cc(C(=O)N[C@@H](C)Cn3cccn3)c12. The molecule has 0 saturated heterocycles. The lowest BCUT2D eigenvalue weighted by Gasteiger charge is -2.15. The lowest BCUT2D eigenvalue weighted by Crippen LogP contribution is -2.36. The molecule has 1 aliphatic carbocycles. The first-order valence-electron chi connectivity index (χ1n) is 10.3. The molecule has 1 N–H and O–H groups in total. The smallest absolute Gasteiger partial charge is 0.252 e. The van der Waals surface area contributed by atoms with Gasteiger partial charge >= 0.3 is 0 Å². The Bertz CT molecular complexity index is 1190. The summed E-state index contributed by atoms with van der Waals surface area (Å²) in [5.74, 6) is 0.335. The number of aromatic nitrogens is 5. The fraction of sp³-hybridized carbons (Fsp3) is 0.304. The highest BCUT2D eigenvalue weighted by Gasteiger charge is 2.29. The van der Waals surface area contributed by atoms with E-state index in [2.05, 4.69) is 10.4 Å². The van der Waals surface area contributed by atoms with E-state index in [1.165, 1.54) is 0 Å². The maximum atomic E-state index is 13.3. The Balaban J connectivity index is 1.55. The van der Waals surface area contributed by atoms with Gasteiger partial charge in [-0.1, -0.05) is 18.2 Å². The van der Waals surface area contributed by atoms with Gasteiger partial charge in [0, 0.05) is 30.0 Å². The van der Waals surface area contributed by atoms with E-state index < -0.39 is 0 Å². The molecule has 1 aliphatic rings.